The van der Waals surface area contributed by atoms with Crippen molar-refractivity contribution in [3.63, 3.8) is 0 Å². The molecule has 0 aliphatic carbocycles. The third kappa shape index (κ3) is 4.20. The lowest BCUT2D eigenvalue weighted by Crippen LogP contribution is -2.47. The number of hydrogen-bond donors (Lipinski definition) is 0. The molecule has 1 aliphatic heterocycles. The number of thiocarbonyl (C=S) groups is 1. The van der Waals surface area contributed by atoms with Crippen LogP contribution in [0.3, 0.4) is 0 Å². The smallest absolute Gasteiger partial charge is 0.136 e. The average Bonchev–Trinajstić information content (AvgIpc) is 2.53. The molecule has 1 fully saturated rings. The highest BCUT2D eigenvalue weighted by molar-refractivity contribution is 8.22. The molecule has 0 bridgehead atoms. The fraction of sp³-hybridized carbons (Fsp3) is 0.467. The molecule has 20 heavy (non-hydrogen) atoms. The van der Waals surface area contributed by atoms with Crippen LogP contribution in [-0.4, -0.2) is 46.8 Å². The summed E-state index contributed by atoms with van der Waals surface area (Å²) in [5.74, 6) is 0.874. The van der Waals surface area contributed by atoms with Gasteiger partial charge in [-0.05, 0) is 24.2 Å². The van der Waals surface area contributed by atoms with Crippen molar-refractivity contribution in [1.82, 2.24) is 9.80 Å². The summed E-state index contributed by atoms with van der Waals surface area (Å²) < 4.78 is 0.991. The van der Waals surface area contributed by atoms with Gasteiger partial charge in [-0.2, -0.15) is 5.26 Å². The normalized spacial score (nSPS) is 15.9. The molecule has 3 nitrogen and oxygen atoms in total. The van der Waals surface area contributed by atoms with Crippen molar-refractivity contribution >= 4 is 28.3 Å². The third-order valence-corrected chi connectivity index (χ3v) is 5.12. The van der Waals surface area contributed by atoms with Crippen LogP contribution in [-0.2, 0) is 5.75 Å². The molecule has 0 unspecified atom stereocenters. The Balaban J connectivity index is 1.79. The highest BCUT2D eigenvalue weighted by Crippen LogP contribution is 2.18. The molecular formula is C15H19N3S2. The summed E-state index contributed by atoms with van der Waals surface area (Å²) in [6, 6.07) is 9.86. The van der Waals surface area contributed by atoms with Crippen molar-refractivity contribution in [3.8, 4) is 6.07 Å². The Kier molecular flexibility index (Phi) is 5.84. The van der Waals surface area contributed by atoms with E-state index < -0.39 is 0 Å². The Morgan fingerprint density at radius 2 is 1.90 bits per heavy atom. The fourth-order valence-corrected chi connectivity index (χ4v) is 3.37. The van der Waals surface area contributed by atoms with Gasteiger partial charge in [-0.25, -0.2) is 0 Å². The minimum Gasteiger partial charge on any atom is -0.355 e. The number of thioether (sulfide) groups is 1. The van der Waals surface area contributed by atoms with Gasteiger partial charge in [0.25, 0.3) is 0 Å². The van der Waals surface area contributed by atoms with Crippen molar-refractivity contribution in [1.29, 1.82) is 5.26 Å². The first-order chi connectivity index (χ1) is 9.72. The van der Waals surface area contributed by atoms with E-state index in [1.165, 1.54) is 5.56 Å². The Morgan fingerprint density at radius 1 is 1.25 bits per heavy atom. The van der Waals surface area contributed by atoms with Crippen molar-refractivity contribution in [3.05, 3.63) is 35.4 Å². The summed E-state index contributed by atoms with van der Waals surface area (Å²) in [5.41, 5.74) is 1.92. The van der Waals surface area contributed by atoms with Crippen LogP contribution in [0.5, 0.6) is 0 Å². The zero-order valence-corrected chi connectivity index (χ0v) is 13.3. The van der Waals surface area contributed by atoms with Crippen molar-refractivity contribution in [2.45, 2.75) is 12.7 Å². The third-order valence-electron chi connectivity index (χ3n) is 3.52. The molecule has 5 heteroatoms. The van der Waals surface area contributed by atoms with Crippen LogP contribution in [0.25, 0.3) is 0 Å². The SMILES string of the molecule is CCN1CCN(C(=S)SCc2ccc(C#N)cc2)CC1. The van der Waals surface area contributed by atoms with Gasteiger partial charge >= 0.3 is 0 Å². The number of nitrogens with zero attached hydrogens (tertiary/aromatic N) is 3. The second-order valence-corrected chi connectivity index (χ2v) is 6.39. The molecule has 1 aromatic rings. The summed E-state index contributed by atoms with van der Waals surface area (Å²) in [6.45, 7) is 7.61. The van der Waals surface area contributed by atoms with Gasteiger partial charge in [-0.15, -0.1) is 0 Å². The predicted octanol–water partition coefficient (Wildman–Crippen LogP) is 2.71. The van der Waals surface area contributed by atoms with Gasteiger partial charge in [0.15, 0.2) is 0 Å². The van der Waals surface area contributed by atoms with E-state index in [2.05, 4.69) is 22.8 Å². The maximum Gasteiger partial charge on any atom is 0.136 e. The zero-order chi connectivity index (χ0) is 14.4. The Hall–Kier alpha value is -1.09. The minimum absolute atomic E-state index is 0.706. The summed E-state index contributed by atoms with van der Waals surface area (Å²) in [5, 5.41) is 8.77. The van der Waals surface area contributed by atoms with Crippen molar-refractivity contribution in [2.24, 2.45) is 0 Å². The first-order valence-electron chi connectivity index (χ1n) is 6.86. The minimum atomic E-state index is 0.706. The summed E-state index contributed by atoms with van der Waals surface area (Å²) >= 11 is 7.23. The van der Waals surface area contributed by atoms with E-state index in [1.54, 1.807) is 11.8 Å². The summed E-state index contributed by atoms with van der Waals surface area (Å²) in [7, 11) is 0. The molecule has 0 amide bonds. The molecule has 0 radical (unpaired) electrons. The van der Waals surface area contributed by atoms with Gasteiger partial charge in [-0.1, -0.05) is 43.0 Å². The van der Waals surface area contributed by atoms with Crippen LogP contribution >= 0.6 is 24.0 Å². The number of likely N-dealkylation sites (N-methyl/N-ethyl adjacent to an activating group) is 1. The lowest BCUT2D eigenvalue weighted by molar-refractivity contribution is 0.193. The van der Waals surface area contributed by atoms with Gasteiger partial charge in [0.1, 0.15) is 4.32 Å². The molecule has 1 aliphatic rings. The Bertz CT molecular complexity index is 485. The van der Waals surface area contributed by atoms with Gasteiger partial charge < -0.3 is 9.80 Å². The highest BCUT2D eigenvalue weighted by atomic mass is 32.2. The van der Waals surface area contributed by atoms with E-state index in [1.807, 2.05) is 24.3 Å². The molecule has 0 aromatic heterocycles. The Morgan fingerprint density at radius 3 is 2.45 bits per heavy atom. The van der Waals surface area contributed by atoms with E-state index >= 15 is 0 Å². The van der Waals surface area contributed by atoms with Crippen LogP contribution < -0.4 is 0 Å². The summed E-state index contributed by atoms with van der Waals surface area (Å²) in [6.07, 6.45) is 0. The van der Waals surface area contributed by atoms with Crippen LogP contribution in [0.4, 0.5) is 0 Å². The second-order valence-electron chi connectivity index (χ2n) is 4.78. The first kappa shape index (κ1) is 15.3. The molecule has 0 spiro atoms. The fourth-order valence-electron chi connectivity index (χ4n) is 2.16. The van der Waals surface area contributed by atoms with Gasteiger partial charge in [-0.3, -0.25) is 0 Å². The molecular weight excluding hydrogens is 286 g/mol. The van der Waals surface area contributed by atoms with E-state index in [0.717, 1.165) is 42.8 Å². The number of hydrogen-bond acceptors (Lipinski definition) is 4. The molecule has 1 saturated heterocycles. The number of rotatable bonds is 3. The average molecular weight is 305 g/mol. The van der Waals surface area contributed by atoms with E-state index in [-0.39, 0.29) is 0 Å². The molecule has 1 aromatic carbocycles. The van der Waals surface area contributed by atoms with Crippen LogP contribution in [0.2, 0.25) is 0 Å². The lowest BCUT2D eigenvalue weighted by atomic mass is 10.2. The van der Waals surface area contributed by atoms with Gasteiger partial charge in [0.05, 0.1) is 11.6 Å². The molecule has 0 atom stereocenters. The van der Waals surface area contributed by atoms with Crippen LogP contribution in [0.1, 0.15) is 18.1 Å². The standard InChI is InChI=1S/C15H19N3S2/c1-2-17-7-9-18(10-8-17)15(19)20-12-14-5-3-13(11-16)4-6-14/h3-6H,2,7-10,12H2,1H3. The monoisotopic (exact) mass is 305 g/mol. The van der Waals surface area contributed by atoms with Crippen molar-refractivity contribution < 1.29 is 0 Å². The second kappa shape index (κ2) is 7.63. The van der Waals surface area contributed by atoms with Crippen LogP contribution in [0.15, 0.2) is 24.3 Å². The van der Waals surface area contributed by atoms with E-state index in [9.17, 15) is 0 Å². The lowest BCUT2D eigenvalue weighted by Gasteiger charge is -2.35. The van der Waals surface area contributed by atoms with Gasteiger partial charge in [0.2, 0.25) is 0 Å². The Labute approximate surface area is 130 Å². The molecule has 1 heterocycles. The predicted molar refractivity (Wildman–Crippen MR) is 88.7 cm³/mol. The molecule has 0 N–H and O–H groups in total. The van der Waals surface area contributed by atoms with Gasteiger partial charge in [0, 0.05) is 31.9 Å². The zero-order valence-electron chi connectivity index (χ0n) is 11.7. The molecule has 0 saturated carbocycles. The highest BCUT2D eigenvalue weighted by Gasteiger charge is 2.17. The number of nitriles is 1. The maximum atomic E-state index is 8.77. The van der Waals surface area contributed by atoms with Crippen molar-refractivity contribution in [2.75, 3.05) is 32.7 Å². The number of benzene rings is 1. The largest absolute Gasteiger partial charge is 0.355 e. The number of piperazine rings is 1. The molecule has 2 rings (SSSR count). The van der Waals surface area contributed by atoms with E-state index in [0.29, 0.717) is 5.56 Å². The topological polar surface area (TPSA) is 30.3 Å². The molecule has 106 valence electrons. The maximum absolute atomic E-state index is 8.77. The summed E-state index contributed by atoms with van der Waals surface area (Å²) in [4.78, 5) is 4.75. The van der Waals surface area contributed by atoms with E-state index in [4.69, 9.17) is 17.5 Å². The first-order valence-corrected chi connectivity index (χ1v) is 8.25. The quantitative estimate of drug-likeness (QED) is 0.801. The van der Waals surface area contributed by atoms with Crippen LogP contribution in [0, 0.1) is 11.3 Å².